The van der Waals surface area contributed by atoms with Crippen LogP contribution in [0.1, 0.15) is 51.0 Å². The molecule has 0 atom stereocenters. The fourth-order valence-corrected chi connectivity index (χ4v) is 2.67. The quantitative estimate of drug-likeness (QED) is 0.729. The molecule has 1 aliphatic rings. The van der Waals surface area contributed by atoms with E-state index in [4.69, 9.17) is 4.74 Å². The molecule has 2 rings (SSSR count). The molecule has 1 aromatic carbocycles. The van der Waals surface area contributed by atoms with Gasteiger partial charge in [0, 0.05) is 12.6 Å². The van der Waals surface area contributed by atoms with Gasteiger partial charge in [-0.1, -0.05) is 12.1 Å². The van der Waals surface area contributed by atoms with E-state index in [0.717, 1.165) is 44.4 Å². The number of nitrogens with one attached hydrogen (secondary N) is 1. The molecule has 1 saturated carbocycles. The molecule has 0 unspecified atom stereocenters. The molecule has 112 valence electrons. The van der Waals surface area contributed by atoms with Crippen LogP contribution < -0.4 is 5.32 Å². The van der Waals surface area contributed by atoms with E-state index in [9.17, 15) is 4.39 Å². The summed E-state index contributed by atoms with van der Waals surface area (Å²) in [5, 5.41) is 3.57. The molecule has 20 heavy (non-hydrogen) atoms. The Hall–Kier alpha value is -0.930. The van der Waals surface area contributed by atoms with E-state index in [1.165, 1.54) is 6.07 Å². The van der Waals surface area contributed by atoms with Gasteiger partial charge in [0.1, 0.15) is 5.82 Å². The van der Waals surface area contributed by atoms with Crippen molar-refractivity contribution in [3.05, 3.63) is 35.6 Å². The lowest BCUT2D eigenvalue weighted by Gasteiger charge is -2.36. The average Bonchev–Trinajstić information content (AvgIpc) is 2.35. The van der Waals surface area contributed by atoms with E-state index in [1.807, 2.05) is 6.07 Å². The highest BCUT2D eigenvalue weighted by atomic mass is 19.1. The van der Waals surface area contributed by atoms with Crippen molar-refractivity contribution >= 4 is 0 Å². The maximum Gasteiger partial charge on any atom is 0.123 e. The zero-order valence-electron chi connectivity index (χ0n) is 12.6. The monoisotopic (exact) mass is 279 g/mol. The summed E-state index contributed by atoms with van der Waals surface area (Å²) in [7, 11) is 0. The largest absolute Gasteiger partial charge is 0.379 e. The first-order valence-electron chi connectivity index (χ1n) is 7.75. The van der Waals surface area contributed by atoms with Gasteiger partial charge in [-0.15, -0.1) is 0 Å². The van der Waals surface area contributed by atoms with E-state index in [1.54, 1.807) is 12.1 Å². The highest BCUT2D eigenvalue weighted by Gasteiger charge is 2.29. The summed E-state index contributed by atoms with van der Waals surface area (Å²) in [4.78, 5) is 0. The normalized spacial score (nSPS) is 22.0. The topological polar surface area (TPSA) is 21.3 Å². The summed E-state index contributed by atoms with van der Waals surface area (Å²) in [6.45, 7) is 6.05. The minimum absolute atomic E-state index is 0.121. The maximum atomic E-state index is 13.1. The fraction of sp³-hybridized carbons (Fsp3) is 0.647. The van der Waals surface area contributed by atoms with Gasteiger partial charge in [0.15, 0.2) is 0 Å². The predicted molar refractivity (Wildman–Crippen MR) is 80.5 cm³/mol. The average molecular weight is 279 g/mol. The zero-order valence-corrected chi connectivity index (χ0v) is 12.6. The van der Waals surface area contributed by atoms with Crippen LogP contribution in [0.3, 0.4) is 0 Å². The minimum Gasteiger partial charge on any atom is -0.379 e. The second kappa shape index (κ2) is 7.75. The number of halogens is 1. The molecule has 0 radical (unpaired) electrons. The first kappa shape index (κ1) is 15.5. The summed E-state index contributed by atoms with van der Waals surface area (Å²) >= 11 is 0. The smallest absolute Gasteiger partial charge is 0.123 e. The molecule has 0 aromatic heterocycles. The number of ether oxygens (including phenoxy) is 1. The molecule has 0 amide bonds. The third-order valence-electron chi connectivity index (χ3n) is 3.91. The van der Waals surface area contributed by atoms with E-state index >= 15 is 0 Å². The van der Waals surface area contributed by atoms with Crippen molar-refractivity contribution in [1.29, 1.82) is 0 Å². The van der Waals surface area contributed by atoms with Crippen molar-refractivity contribution in [1.82, 2.24) is 5.32 Å². The van der Waals surface area contributed by atoms with Gasteiger partial charge in [0.05, 0.1) is 6.10 Å². The summed E-state index contributed by atoms with van der Waals surface area (Å²) in [5.74, 6) is 0.413. The molecule has 0 aliphatic heterocycles. The van der Waals surface area contributed by atoms with Crippen molar-refractivity contribution in [2.45, 2.75) is 57.6 Å². The molecule has 0 heterocycles. The Morgan fingerprint density at radius 2 is 2.10 bits per heavy atom. The Balaban J connectivity index is 1.54. The summed E-state index contributed by atoms with van der Waals surface area (Å²) in [6, 6.07) is 7.63. The minimum atomic E-state index is -0.121. The highest BCUT2D eigenvalue weighted by Crippen LogP contribution is 2.36. The Bertz CT molecular complexity index is 402. The van der Waals surface area contributed by atoms with E-state index < -0.39 is 0 Å². The summed E-state index contributed by atoms with van der Waals surface area (Å²) in [6.07, 6.45) is 4.87. The van der Waals surface area contributed by atoms with Crippen molar-refractivity contribution in [3.63, 3.8) is 0 Å². The molecule has 0 saturated heterocycles. The Labute approximate surface area is 121 Å². The van der Waals surface area contributed by atoms with Gasteiger partial charge in [0.25, 0.3) is 0 Å². The second-order valence-corrected chi connectivity index (χ2v) is 6.00. The molecular weight excluding hydrogens is 253 g/mol. The van der Waals surface area contributed by atoms with Crippen LogP contribution in [0.25, 0.3) is 0 Å². The molecule has 0 bridgehead atoms. The van der Waals surface area contributed by atoms with Crippen molar-refractivity contribution in [2.24, 2.45) is 0 Å². The van der Waals surface area contributed by atoms with Crippen LogP contribution in [0.2, 0.25) is 0 Å². The molecule has 3 heteroatoms. The molecule has 1 N–H and O–H groups in total. The Morgan fingerprint density at radius 3 is 2.80 bits per heavy atom. The summed E-state index contributed by atoms with van der Waals surface area (Å²) < 4.78 is 18.6. The van der Waals surface area contributed by atoms with Crippen LogP contribution in [0, 0.1) is 5.82 Å². The number of hydrogen-bond acceptors (Lipinski definition) is 2. The Morgan fingerprint density at radius 1 is 1.30 bits per heavy atom. The number of benzene rings is 1. The van der Waals surface area contributed by atoms with Crippen LogP contribution in [0.5, 0.6) is 0 Å². The van der Waals surface area contributed by atoms with Crippen LogP contribution in [0.4, 0.5) is 4.39 Å². The lowest BCUT2D eigenvalue weighted by Crippen LogP contribution is -2.40. The van der Waals surface area contributed by atoms with E-state index in [0.29, 0.717) is 18.1 Å². The molecule has 1 fully saturated rings. The van der Waals surface area contributed by atoms with Gasteiger partial charge >= 0.3 is 0 Å². The van der Waals surface area contributed by atoms with Crippen LogP contribution in [0.15, 0.2) is 24.3 Å². The predicted octanol–water partition coefficient (Wildman–Crippen LogP) is 3.87. The van der Waals surface area contributed by atoms with Crippen LogP contribution in [-0.4, -0.2) is 25.3 Å². The molecule has 0 spiro atoms. The number of rotatable bonds is 8. The summed E-state index contributed by atoms with van der Waals surface area (Å²) in [5.41, 5.74) is 1.15. The van der Waals surface area contributed by atoms with E-state index in [2.05, 4.69) is 19.2 Å². The lowest BCUT2D eigenvalue weighted by molar-refractivity contribution is 0.0757. The van der Waals surface area contributed by atoms with Gasteiger partial charge < -0.3 is 10.1 Å². The van der Waals surface area contributed by atoms with Gasteiger partial charge in [0.2, 0.25) is 0 Å². The number of unbranched alkanes of at least 4 members (excludes halogenated alkanes) is 1. The van der Waals surface area contributed by atoms with Gasteiger partial charge in [-0.05, 0) is 69.7 Å². The number of hydrogen-bond donors (Lipinski definition) is 1. The third kappa shape index (κ3) is 4.88. The molecule has 2 nitrogen and oxygen atoms in total. The van der Waals surface area contributed by atoms with E-state index in [-0.39, 0.29) is 5.82 Å². The van der Waals surface area contributed by atoms with Crippen LogP contribution >= 0.6 is 0 Å². The first-order valence-corrected chi connectivity index (χ1v) is 7.75. The SMILES string of the molecule is CC(C)OCCCCNC1CC(c2cccc(F)c2)C1. The molecular formula is C17H26FNO. The Kier molecular flexibility index (Phi) is 5.99. The van der Waals surface area contributed by atoms with Gasteiger partial charge in [-0.3, -0.25) is 0 Å². The lowest BCUT2D eigenvalue weighted by atomic mass is 9.76. The molecule has 1 aliphatic carbocycles. The van der Waals surface area contributed by atoms with Crippen molar-refractivity contribution in [3.8, 4) is 0 Å². The second-order valence-electron chi connectivity index (χ2n) is 6.00. The standard InChI is InChI=1S/C17H26FNO/c1-13(2)20-9-4-3-8-19-17-11-15(12-17)14-6-5-7-16(18)10-14/h5-7,10,13,15,17,19H,3-4,8-9,11-12H2,1-2H3. The zero-order chi connectivity index (χ0) is 14.4. The highest BCUT2D eigenvalue weighted by molar-refractivity contribution is 5.23. The van der Waals surface area contributed by atoms with Crippen molar-refractivity contribution in [2.75, 3.05) is 13.2 Å². The van der Waals surface area contributed by atoms with Gasteiger partial charge in [-0.2, -0.15) is 0 Å². The maximum absolute atomic E-state index is 13.1. The fourth-order valence-electron chi connectivity index (χ4n) is 2.67. The van der Waals surface area contributed by atoms with Crippen molar-refractivity contribution < 1.29 is 9.13 Å². The first-order chi connectivity index (χ1) is 9.65. The van der Waals surface area contributed by atoms with Gasteiger partial charge in [-0.25, -0.2) is 4.39 Å². The van der Waals surface area contributed by atoms with Crippen LogP contribution in [-0.2, 0) is 4.74 Å². The molecule has 1 aromatic rings. The third-order valence-corrected chi connectivity index (χ3v) is 3.91.